The van der Waals surface area contributed by atoms with Crippen LogP contribution in [0, 0.1) is 11.3 Å². The second kappa shape index (κ2) is 5.47. The summed E-state index contributed by atoms with van der Waals surface area (Å²) in [6, 6.07) is 16.3. The average molecular weight is 276 g/mol. The standard InChI is InChI=1S/C16H12N4O/c17-10-12-4-3-5-13(8-12)16(21)18-11-14-9-15-6-1-2-7-20(15)19-14/h1-9H,11H2,(H,18,21). The number of benzene rings is 1. The molecule has 0 radical (unpaired) electrons. The Kier molecular flexibility index (Phi) is 3.36. The fourth-order valence-corrected chi connectivity index (χ4v) is 2.08. The number of fused-ring (bicyclic) bond motifs is 1. The number of hydrogen-bond donors (Lipinski definition) is 1. The van der Waals surface area contributed by atoms with Gasteiger partial charge in [-0.1, -0.05) is 12.1 Å². The summed E-state index contributed by atoms with van der Waals surface area (Å²) in [5, 5.41) is 16.0. The molecule has 0 fully saturated rings. The van der Waals surface area contributed by atoms with Crippen molar-refractivity contribution in [2.75, 3.05) is 0 Å². The molecule has 5 nitrogen and oxygen atoms in total. The van der Waals surface area contributed by atoms with Crippen LogP contribution < -0.4 is 5.32 Å². The Balaban J connectivity index is 1.72. The predicted molar refractivity (Wildman–Crippen MR) is 77.5 cm³/mol. The highest BCUT2D eigenvalue weighted by atomic mass is 16.1. The number of rotatable bonds is 3. The fraction of sp³-hybridized carbons (Fsp3) is 0.0625. The number of carbonyl (C=O) groups is 1. The number of hydrogen-bond acceptors (Lipinski definition) is 3. The molecule has 21 heavy (non-hydrogen) atoms. The van der Waals surface area contributed by atoms with Gasteiger partial charge in [0.15, 0.2) is 0 Å². The molecule has 102 valence electrons. The molecule has 1 aromatic carbocycles. The molecule has 3 rings (SSSR count). The third kappa shape index (κ3) is 2.74. The van der Waals surface area contributed by atoms with E-state index in [1.165, 1.54) is 0 Å². The van der Waals surface area contributed by atoms with Gasteiger partial charge in [0, 0.05) is 11.8 Å². The maximum Gasteiger partial charge on any atom is 0.251 e. The zero-order valence-electron chi connectivity index (χ0n) is 11.2. The molecular weight excluding hydrogens is 264 g/mol. The van der Waals surface area contributed by atoms with Crippen molar-refractivity contribution in [3.63, 3.8) is 0 Å². The van der Waals surface area contributed by atoms with Crippen LogP contribution in [-0.2, 0) is 6.54 Å². The normalized spacial score (nSPS) is 10.2. The van der Waals surface area contributed by atoms with Crippen LogP contribution >= 0.6 is 0 Å². The summed E-state index contributed by atoms with van der Waals surface area (Å²) in [7, 11) is 0. The second-order valence-corrected chi connectivity index (χ2v) is 4.58. The first-order chi connectivity index (χ1) is 10.3. The van der Waals surface area contributed by atoms with Crippen molar-refractivity contribution >= 4 is 11.4 Å². The first-order valence-corrected chi connectivity index (χ1v) is 6.48. The molecule has 1 amide bonds. The Morgan fingerprint density at radius 1 is 1.24 bits per heavy atom. The van der Waals surface area contributed by atoms with Gasteiger partial charge in [0.1, 0.15) is 0 Å². The minimum atomic E-state index is -0.218. The van der Waals surface area contributed by atoms with E-state index in [1.54, 1.807) is 28.8 Å². The summed E-state index contributed by atoms with van der Waals surface area (Å²) in [5.41, 5.74) is 2.70. The highest BCUT2D eigenvalue weighted by Crippen LogP contribution is 2.07. The van der Waals surface area contributed by atoms with Crippen molar-refractivity contribution in [2.24, 2.45) is 0 Å². The van der Waals surface area contributed by atoms with E-state index in [0.29, 0.717) is 17.7 Å². The number of carbonyl (C=O) groups excluding carboxylic acids is 1. The molecule has 0 atom stereocenters. The summed E-state index contributed by atoms with van der Waals surface area (Å²) < 4.78 is 1.76. The van der Waals surface area contributed by atoms with Crippen LogP contribution in [0.4, 0.5) is 0 Å². The van der Waals surface area contributed by atoms with E-state index in [9.17, 15) is 4.79 Å². The van der Waals surface area contributed by atoms with Gasteiger partial charge >= 0.3 is 0 Å². The van der Waals surface area contributed by atoms with Gasteiger partial charge in [-0.3, -0.25) is 4.79 Å². The quantitative estimate of drug-likeness (QED) is 0.796. The monoisotopic (exact) mass is 276 g/mol. The predicted octanol–water partition coefficient (Wildman–Crippen LogP) is 2.14. The van der Waals surface area contributed by atoms with E-state index in [4.69, 9.17) is 5.26 Å². The summed E-state index contributed by atoms with van der Waals surface area (Å²) in [4.78, 5) is 12.0. The Bertz CT molecular complexity index is 812. The number of pyridine rings is 1. The van der Waals surface area contributed by atoms with Crippen LogP contribution in [0.1, 0.15) is 21.6 Å². The number of nitriles is 1. The lowest BCUT2D eigenvalue weighted by atomic mass is 10.1. The van der Waals surface area contributed by atoms with Gasteiger partial charge in [-0.25, -0.2) is 4.52 Å². The molecule has 1 N–H and O–H groups in total. The van der Waals surface area contributed by atoms with Crippen LogP contribution in [-0.4, -0.2) is 15.5 Å². The molecular formula is C16H12N4O. The van der Waals surface area contributed by atoms with Gasteiger partial charge < -0.3 is 5.32 Å². The molecule has 0 saturated carbocycles. The van der Waals surface area contributed by atoms with Gasteiger partial charge in [-0.15, -0.1) is 0 Å². The van der Waals surface area contributed by atoms with Gasteiger partial charge in [-0.2, -0.15) is 10.4 Å². The zero-order valence-corrected chi connectivity index (χ0v) is 11.2. The van der Waals surface area contributed by atoms with Crippen molar-refractivity contribution in [2.45, 2.75) is 6.54 Å². The van der Waals surface area contributed by atoms with Crippen LogP contribution in [0.3, 0.4) is 0 Å². The van der Waals surface area contributed by atoms with E-state index in [-0.39, 0.29) is 5.91 Å². The summed E-state index contributed by atoms with van der Waals surface area (Å²) in [6.45, 7) is 0.345. The van der Waals surface area contributed by atoms with E-state index in [2.05, 4.69) is 10.4 Å². The lowest BCUT2D eigenvalue weighted by Gasteiger charge is -2.03. The molecule has 2 aromatic heterocycles. The van der Waals surface area contributed by atoms with Crippen molar-refractivity contribution in [3.8, 4) is 6.07 Å². The first kappa shape index (κ1) is 12.9. The molecule has 0 aliphatic rings. The van der Waals surface area contributed by atoms with Crippen LogP contribution in [0.2, 0.25) is 0 Å². The van der Waals surface area contributed by atoms with Crippen molar-refractivity contribution < 1.29 is 4.79 Å². The van der Waals surface area contributed by atoms with Crippen LogP contribution in [0.5, 0.6) is 0 Å². The Morgan fingerprint density at radius 3 is 2.95 bits per heavy atom. The van der Waals surface area contributed by atoms with Crippen molar-refractivity contribution in [1.29, 1.82) is 5.26 Å². The Morgan fingerprint density at radius 2 is 2.14 bits per heavy atom. The zero-order chi connectivity index (χ0) is 14.7. The van der Waals surface area contributed by atoms with Crippen molar-refractivity contribution in [3.05, 3.63) is 71.5 Å². The van der Waals surface area contributed by atoms with E-state index in [0.717, 1.165) is 11.2 Å². The van der Waals surface area contributed by atoms with Crippen LogP contribution in [0.25, 0.3) is 5.52 Å². The average Bonchev–Trinajstić information content (AvgIpc) is 2.95. The largest absolute Gasteiger partial charge is 0.346 e. The molecule has 0 bridgehead atoms. The lowest BCUT2D eigenvalue weighted by molar-refractivity contribution is 0.0950. The maximum absolute atomic E-state index is 12.0. The second-order valence-electron chi connectivity index (χ2n) is 4.58. The summed E-state index contributed by atoms with van der Waals surface area (Å²) in [5.74, 6) is -0.218. The molecule has 0 spiro atoms. The Labute approximate surface area is 121 Å². The van der Waals surface area contributed by atoms with E-state index >= 15 is 0 Å². The first-order valence-electron chi connectivity index (χ1n) is 6.48. The minimum Gasteiger partial charge on any atom is -0.346 e. The minimum absolute atomic E-state index is 0.218. The smallest absolute Gasteiger partial charge is 0.251 e. The third-order valence-corrected chi connectivity index (χ3v) is 3.10. The molecule has 0 aliphatic carbocycles. The van der Waals surface area contributed by atoms with E-state index in [1.807, 2.05) is 36.5 Å². The van der Waals surface area contributed by atoms with Crippen LogP contribution in [0.15, 0.2) is 54.7 Å². The van der Waals surface area contributed by atoms with Crippen molar-refractivity contribution in [1.82, 2.24) is 14.9 Å². The topological polar surface area (TPSA) is 70.2 Å². The van der Waals surface area contributed by atoms with E-state index < -0.39 is 0 Å². The molecule has 0 unspecified atom stereocenters. The third-order valence-electron chi connectivity index (χ3n) is 3.10. The fourth-order valence-electron chi connectivity index (χ4n) is 2.08. The number of nitrogens with one attached hydrogen (secondary N) is 1. The molecule has 0 saturated heterocycles. The number of nitrogens with zero attached hydrogens (tertiary/aromatic N) is 3. The molecule has 3 aromatic rings. The van der Waals surface area contributed by atoms with Gasteiger partial charge in [0.2, 0.25) is 0 Å². The summed E-state index contributed by atoms with van der Waals surface area (Å²) in [6.07, 6.45) is 1.86. The Hall–Kier alpha value is -3.13. The molecule has 2 heterocycles. The maximum atomic E-state index is 12.0. The molecule has 0 aliphatic heterocycles. The SMILES string of the molecule is N#Cc1cccc(C(=O)NCc2cc3ccccn3n2)c1. The van der Waals surface area contributed by atoms with Gasteiger partial charge in [0.25, 0.3) is 5.91 Å². The number of amides is 1. The van der Waals surface area contributed by atoms with Gasteiger partial charge in [0.05, 0.1) is 29.4 Å². The van der Waals surface area contributed by atoms with Gasteiger partial charge in [-0.05, 0) is 36.4 Å². The highest BCUT2D eigenvalue weighted by Gasteiger charge is 2.07. The highest BCUT2D eigenvalue weighted by molar-refractivity contribution is 5.94. The molecule has 5 heteroatoms. The summed E-state index contributed by atoms with van der Waals surface area (Å²) >= 11 is 0. The lowest BCUT2D eigenvalue weighted by Crippen LogP contribution is -2.23. The number of aromatic nitrogens is 2.